The Balaban J connectivity index is 0.988. The van der Waals surface area contributed by atoms with Crippen molar-refractivity contribution in [3.8, 4) is 23.0 Å². The van der Waals surface area contributed by atoms with Crippen molar-refractivity contribution in [1.29, 1.82) is 0 Å². The lowest BCUT2D eigenvalue weighted by Gasteiger charge is -2.39. The van der Waals surface area contributed by atoms with Gasteiger partial charge in [0.2, 0.25) is 0 Å². The second-order valence-electron chi connectivity index (χ2n) is 17.5. The molecule has 0 aliphatic carbocycles. The van der Waals surface area contributed by atoms with Crippen molar-refractivity contribution in [3.63, 3.8) is 0 Å². The van der Waals surface area contributed by atoms with Gasteiger partial charge in [0, 0.05) is 5.41 Å². The Bertz CT molecular complexity index is 2120. The van der Waals surface area contributed by atoms with Crippen LogP contribution in [0.1, 0.15) is 61.4 Å². The van der Waals surface area contributed by atoms with Crippen molar-refractivity contribution in [2.24, 2.45) is 0 Å². The van der Waals surface area contributed by atoms with Gasteiger partial charge in [-0.05, 0) is 160 Å². The van der Waals surface area contributed by atoms with Crippen LogP contribution in [-0.4, -0.2) is 37.5 Å². The van der Waals surface area contributed by atoms with Crippen molar-refractivity contribution < 1.29 is 36.8 Å². The Morgan fingerprint density at radius 2 is 0.800 bits per heavy atom. The van der Waals surface area contributed by atoms with Crippen molar-refractivity contribution in [3.05, 3.63) is 155 Å². The first kappa shape index (κ1) is 46.3. The topological polar surface area (TPSA) is 89.5 Å². The number of hydrogen-bond donors (Lipinski definition) is 0. The minimum atomic E-state index is -2.36. The van der Waals surface area contributed by atoms with Crippen LogP contribution in [0.2, 0.25) is 51.4 Å². The summed E-state index contributed by atoms with van der Waals surface area (Å²) in [4.78, 5) is 24.8. The highest BCUT2D eigenvalue weighted by Crippen LogP contribution is 2.33. The van der Waals surface area contributed by atoms with Gasteiger partial charge in [-0.1, -0.05) is 99.6 Å². The van der Waals surface area contributed by atoms with E-state index in [2.05, 4.69) is 72.2 Å². The maximum Gasteiger partial charge on any atom is 0.519 e. The molecule has 0 atom stereocenters. The van der Waals surface area contributed by atoms with Crippen molar-refractivity contribution in [1.82, 2.24) is 0 Å². The highest BCUT2D eigenvalue weighted by atomic mass is 28.5. The van der Waals surface area contributed by atoms with E-state index >= 15 is 0 Å². The van der Waals surface area contributed by atoms with E-state index in [1.165, 1.54) is 22.3 Å². The summed E-state index contributed by atoms with van der Waals surface area (Å²) in [6.07, 6.45) is 3.23. The standard InChI is InChI=1S/C49H62O8Si3/c1-10-38-20-28-43(29-21-38)52-47(50)53-44-30-22-39(23-31-44)16-14-36-58(4,5)56-60(8,9)57-59(6,7)37-15-17-40-24-32-45(33-25-40)54-48(51)55-46-34-26-42(27-35-46)49(2,3)41-18-12-11-13-19-41/h11-13,18-35H,10,14-17,36-37H2,1-9H3. The second kappa shape index (κ2) is 20.7. The molecule has 0 spiro atoms. The number of carbonyl (C=O) groups excluding carboxylic acids is 2. The van der Waals surface area contributed by atoms with Gasteiger partial charge in [-0.3, -0.25) is 0 Å². The second-order valence-corrected chi connectivity index (χ2v) is 30.0. The molecule has 0 saturated carbocycles. The summed E-state index contributed by atoms with van der Waals surface area (Å²) < 4.78 is 35.4. The predicted molar refractivity (Wildman–Crippen MR) is 248 cm³/mol. The Morgan fingerprint density at radius 1 is 0.467 bits per heavy atom. The molecule has 11 heteroatoms. The zero-order valence-corrected chi connectivity index (χ0v) is 39.8. The lowest BCUT2D eigenvalue weighted by Crippen LogP contribution is -2.52. The molecule has 5 aromatic rings. The lowest BCUT2D eigenvalue weighted by atomic mass is 9.78. The van der Waals surface area contributed by atoms with Gasteiger partial charge in [-0.2, -0.15) is 0 Å². The minimum Gasteiger partial charge on any atom is -0.437 e. The Labute approximate surface area is 360 Å². The molecule has 5 rings (SSSR count). The fourth-order valence-corrected chi connectivity index (χ4v) is 21.6. The highest BCUT2D eigenvalue weighted by molar-refractivity contribution is 6.87. The van der Waals surface area contributed by atoms with Gasteiger partial charge in [0.15, 0.2) is 16.6 Å². The first-order chi connectivity index (χ1) is 28.4. The molecule has 60 heavy (non-hydrogen) atoms. The van der Waals surface area contributed by atoms with Gasteiger partial charge >= 0.3 is 20.9 Å². The molecule has 0 aliphatic heterocycles. The van der Waals surface area contributed by atoms with Crippen LogP contribution in [0.4, 0.5) is 9.59 Å². The average molecular weight is 863 g/mol. The number of carbonyl (C=O) groups is 2. The molecular formula is C49H62O8Si3. The van der Waals surface area contributed by atoms with Crippen LogP contribution in [0.5, 0.6) is 23.0 Å². The quantitative estimate of drug-likeness (QED) is 0.0461. The minimum absolute atomic E-state index is 0.182. The zero-order valence-electron chi connectivity index (χ0n) is 36.8. The summed E-state index contributed by atoms with van der Waals surface area (Å²) >= 11 is 0. The Hall–Kier alpha value is -4.79. The number of rotatable bonds is 19. The first-order valence-corrected chi connectivity index (χ1v) is 30.1. The number of ether oxygens (including phenoxy) is 4. The molecule has 318 valence electrons. The number of benzene rings is 5. The Morgan fingerprint density at radius 3 is 1.17 bits per heavy atom. The smallest absolute Gasteiger partial charge is 0.437 e. The molecule has 0 bridgehead atoms. The largest absolute Gasteiger partial charge is 0.519 e. The van der Waals surface area contributed by atoms with Crippen LogP contribution in [0.25, 0.3) is 0 Å². The van der Waals surface area contributed by atoms with E-state index in [0.717, 1.165) is 49.8 Å². The van der Waals surface area contributed by atoms with E-state index in [0.29, 0.717) is 23.0 Å². The van der Waals surface area contributed by atoms with Crippen molar-refractivity contribution >= 4 is 37.5 Å². The van der Waals surface area contributed by atoms with E-state index in [1.807, 2.05) is 91.0 Å². The van der Waals surface area contributed by atoms with E-state index in [-0.39, 0.29) is 5.41 Å². The van der Waals surface area contributed by atoms with Crippen LogP contribution in [0.3, 0.4) is 0 Å². The van der Waals surface area contributed by atoms with Crippen LogP contribution in [0, 0.1) is 0 Å². The summed E-state index contributed by atoms with van der Waals surface area (Å²) in [5.41, 5.74) is 5.69. The molecule has 0 fully saturated rings. The fourth-order valence-electron chi connectivity index (χ4n) is 7.52. The maximum atomic E-state index is 12.6. The van der Waals surface area contributed by atoms with Gasteiger partial charge in [0.25, 0.3) is 0 Å². The molecule has 0 unspecified atom stereocenters. The van der Waals surface area contributed by atoms with Crippen molar-refractivity contribution in [2.45, 2.75) is 110 Å². The van der Waals surface area contributed by atoms with E-state index in [4.69, 9.17) is 27.2 Å². The summed E-state index contributed by atoms with van der Waals surface area (Å²) in [6.45, 7) is 20.0. The summed E-state index contributed by atoms with van der Waals surface area (Å²) in [7, 11) is -6.34. The molecule has 0 radical (unpaired) electrons. The van der Waals surface area contributed by atoms with Crippen LogP contribution < -0.4 is 18.9 Å². The molecule has 0 heterocycles. The summed E-state index contributed by atoms with van der Waals surface area (Å²) in [6, 6.07) is 42.6. The SMILES string of the molecule is CCc1ccc(OC(=O)Oc2ccc(CCC[Si](C)(C)O[Si](C)(C)O[Si](C)(C)CCCc3ccc(OC(=O)Oc4ccc(C(C)(C)c5ccccc5)cc4)cc3)cc2)cc1. The molecule has 8 nitrogen and oxygen atoms in total. The van der Waals surface area contributed by atoms with Crippen LogP contribution in [-0.2, 0) is 32.9 Å². The third-order valence-corrected chi connectivity index (χ3v) is 22.1. The average Bonchev–Trinajstić information content (AvgIpc) is 3.19. The normalized spacial score (nSPS) is 12.2. The molecule has 0 aromatic heterocycles. The van der Waals surface area contributed by atoms with Crippen LogP contribution >= 0.6 is 0 Å². The van der Waals surface area contributed by atoms with Gasteiger partial charge in [0.05, 0.1) is 0 Å². The fraction of sp³-hybridized carbons (Fsp3) is 0.347. The first-order valence-electron chi connectivity index (χ1n) is 21.0. The highest BCUT2D eigenvalue weighted by Gasteiger charge is 2.39. The monoisotopic (exact) mass is 862 g/mol. The lowest BCUT2D eigenvalue weighted by molar-refractivity contribution is 0.150. The van der Waals surface area contributed by atoms with Crippen LogP contribution in [0.15, 0.2) is 127 Å². The number of hydrogen-bond acceptors (Lipinski definition) is 8. The predicted octanol–water partition coefficient (Wildman–Crippen LogP) is 13.4. The molecule has 0 amide bonds. The third-order valence-electron chi connectivity index (χ3n) is 10.6. The summed E-state index contributed by atoms with van der Waals surface area (Å²) in [5.74, 6) is 1.78. The third kappa shape index (κ3) is 14.7. The molecular weight excluding hydrogens is 801 g/mol. The maximum absolute atomic E-state index is 12.6. The van der Waals surface area contributed by atoms with Gasteiger partial charge in [0.1, 0.15) is 23.0 Å². The van der Waals surface area contributed by atoms with Crippen molar-refractivity contribution in [2.75, 3.05) is 0 Å². The zero-order chi connectivity index (χ0) is 43.4. The van der Waals surface area contributed by atoms with Gasteiger partial charge < -0.3 is 27.2 Å². The molecule has 0 N–H and O–H groups in total. The molecule has 0 saturated heterocycles. The summed E-state index contributed by atoms with van der Waals surface area (Å²) in [5, 5.41) is 0. The molecule has 0 aliphatic rings. The van der Waals surface area contributed by atoms with E-state index in [1.54, 1.807) is 24.3 Å². The van der Waals surface area contributed by atoms with Gasteiger partial charge in [-0.25, -0.2) is 9.59 Å². The Kier molecular flexibility index (Phi) is 15.9. The van der Waals surface area contributed by atoms with E-state index < -0.39 is 37.5 Å². The number of aryl methyl sites for hydroxylation is 3. The molecule has 5 aromatic carbocycles. The van der Waals surface area contributed by atoms with Gasteiger partial charge in [-0.15, -0.1) is 0 Å². The van der Waals surface area contributed by atoms with E-state index in [9.17, 15) is 9.59 Å².